The molecule has 0 atom stereocenters. The molecular formula is C21H32N4O2. The van der Waals surface area contributed by atoms with Crippen molar-refractivity contribution >= 4 is 22.8 Å². The Morgan fingerprint density at radius 1 is 1.07 bits per heavy atom. The molecule has 6 heteroatoms. The highest BCUT2D eigenvalue weighted by atomic mass is 16.2. The number of carbonyl (C=O) groups excluding carboxylic acids is 2. The van der Waals surface area contributed by atoms with E-state index >= 15 is 0 Å². The number of carbonyl (C=O) groups is 2. The Morgan fingerprint density at radius 3 is 2.56 bits per heavy atom. The highest BCUT2D eigenvalue weighted by molar-refractivity contribution is 5.79. The van der Waals surface area contributed by atoms with Crippen molar-refractivity contribution in [1.29, 1.82) is 0 Å². The molecule has 0 aliphatic carbocycles. The molecule has 0 aliphatic heterocycles. The van der Waals surface area contributed by atoms with Crippen molar-refractivity contribution in [3.8, 4) is 0 Å². The van der Waals surface area contributed by atoms with E-state index in [0.29, 0.717) is 25.8 Å². The molecule has 27 heavy (non-hydrogen) atoms. The van der Waals surface area contributed by atoms with E-state index in [2.05, 4.69) is 34.8 Å². The molecule has 0 saturated heterocycles. The first kappa shape index (κ1) is 20.9. The lowest BCUT2D eigenvalue weighted by molar-refractivity contribution is -0.131. The van der Waals surface area contributed by atoms with Gasteiger partial charge in [-0.05, 0) is 37.8 Å². The third-order valence-corrected chi connectivity index (χ3v) is 4.56. The average Bonchev–Trinajstić information content (AvgIpc) is 3.08. The summed E-state index contributed by atoms with van der Waals surface area (Å²) >= 11 is 0. The topological polar surface area (TPSA) is 67.2 Å². The quantitative estimate of drug-likeness (QED) is 0.581. The summed E-state index contributed by atoms with van der Waals surface area (Å²) in [6, 6.07) is 8.04. The molecule has 1 heterocycles. The van der Waals surface area contributed by atoms with Gasteiger partial charge in [-0.1, -0.05) is 26.0 Å². The van der Waals surface area contributed by atoms with Gasteiger partial charge in [-0.3, -0.25) is 9.59 Å². The third-order valence-electron chi connectivity index (χ3n) is 4.56. The molecule has 0 unspecified atom stereocenters. The number of fused-ring (bicyclic) bond motifs is 1. The molecule has 2 aromatic rings. The van der Waals surface area contributed by atoms with E-state index in [4.69, 9.17) is 0 Å². The second-order valence-electron chi connectivity index (χ2n) is 6.86. The molecule has 2 amide bonds. The Labute approximate surface area is 161 Å². The second-order valence-corrected chi connectivity index (χ2v) is 6.86. The number of benzene rings is 1. The normalized spacial score (nSPS) is 10.9. The van der Waals surface area contributed by atoms with Crippen LogP contribution < -0.4 is 5.32 Å². The van der Waals surface area contributed by atoms with Crippen molar-refractivity contribution in [2.45, 2.75) is 58.9 Å². The van der Waals surface area contributed by atoms with Crippen LogP contribution in [-0.4, -0.2) is 45.9 Å². The summed E-state index contributed by atoms with van der Waals surface area (Å²) in [4.78, 5) is 30.4. The van der Waals surface area contributed by atoms with Gasteiger partial charge in [0.25, 0.3) is 0 Å². The molecule has 0 aliphatic rings. The summed E-state index contributed by atoms with van der Waals surface area (Å²) in [5, 5.41) is 2.95. The number of para-hydroxylation sites is 2. The van der Waals surface area contributed by atoms with Crippen molar-refractivity contribution in [3.05, 3.63) is 30.6 Å². The Morgan fingerprint density at radius 2 is 1.81 bits per heavy atom. The van der Waals surface area contributed by atoms with Gasteiger partial charge < -0.3 is 14.8 Å². The van der Waals surface area contributed by atoms with Gasteiger partial charge in [0.2, 0.25) is 11.8 Å². The zero-order chi connectivity index (χ0) is 19.5. The smallest absolute Gasteiger partial charge is 0.222 e. The molecule has 148 valence electrons. The first-order valence-corrected chi connectivity index (χ1v) is 10.1. The van der Waals surface area contributed by atoms with Crippen LogP contribution in [0.5, 0.6) is 0 Å². The van der Waals surface area contributed by atoms with Crippen LogP contribution in [0, 0.1) is 0 Å². The van der Waals surface area contributed by atoms with E-state index in [9.17, 15) is 9.59 Å². The van der Waals surface area contributed by atoms with Crippen LogP contribution in [0.3, 0.4) is 0 Å². The SMILES string of the molecule is CCCN(CCC)C(=O)CCCC(=O)NCCCn1cnc2ccccc21. The number of aromatic nitrogens is 2. The fourth-order valence-electron chi connectivity index (χ4n) is 3.21. The first-order valence-electron chi connectivity index (χ1n) is 10.1. The van der Waals surface area contributed by atoms with Crippen LogP contribution in [0.4, 0.5) is 0 Å². The van der Waals surface area contributed by atoms with Crippen molar-refractivity contribution in [3.63, 3.8) is 0 Å². The van der Waals surface area contributed by atoms with E-state index in [1.165, 1.54) is 0 Å². The molecule has 0 radical (unpaired) electrons. The molecule has 1 aromatic carbocycles. The van der Waals surface area contributed by atoms with E-state index in [1.54, 1.807) is 0 Å². The molecule has 0 bridgehead atoms. The lowest BCUT2D eigenvalue weighted by Gasteiger charge is -2.21. The first-order chi connectivity index (χ1) is 13.2. The van der Waals surface area contributed by atoms with Crippen LogP contribution in [0.25, 0.3) is 11.0 Å². The van der Waals surface area contributed by atoms with Gasteiger partial charge in [-0.15, -0.1) is 0 Å². The molecule has 0 saturated carbocycles. The van der Waals surface area contributed by atoms with Crippen molar-refractivity contribution in [2.75, 3.05) is 19.6 Å². The summed E-state index contributed by atoms with van der Waals surface area (Å²) in [5.41, 5.74) is 2.11. The predicted octanol–water partition coefficient (Wildman–Crippen LogP) is 3.36. The molecule has 6 nitrogen and oxygen atoms in total. The van der Waals surface area contributed by atoms with Crippen molar-refractivity contribution in [2.24, 2.45) is 0 Å². The fraction of sp³-hybridized carbons (Fsp3) is 0.571. The van der Waals surface area contributed by atoms with E-state index in [-0.39, 0.29) is 11.8 Å². The zero-order valence-electron chi connectivity index (χ0n) is 16.6. The van der Waals surface area contributed by atoms with Gasteiger partial charge in [-0.25, -0.2) is 4.98 Å². The fourth-order valence-corrected chi connectivity index (χ4v) is 3.21. The van der Waals surface area contributed by atoms with E-state index < -0.39 is 0 Å². The molecule has 0 fully saturated rings. The standard InChI is InChI=1S/C21H32N4O2/c1-3-14-24(15-4-2)21(27)12-7-11-20(26)22-13-8-16-25-17-23-18-9-5-6-10-19(18)25/h5-6,9-10,17H,3-4,7-8,11-16H2,1-2H3,(H,22,26). The predicted molar refractivity (Wildman–Crippen MR) is 108 cm³/mol. The number of rotatable bonds is 12. The minimum absolute atomic E-state index is 0.0239. The number of amides is 2. The number of nitrogens with one attached hydrogen (secondary N) is 1. The maximum Gasteiger partial charge on any atom is 0.222 e. The number of imidazole rings is 1. The van der Waals surface area contributed by atoms with Crippen molar-refractivity contribution in [1.82, 2.24) is 19.8 Å². The number of nitrogens with zero attached hydrogens (tertiary/aromatic N) is 3. The summed E-state index contributed by atoms with van der Waals surface area (Å²) < 4.78 is 2.11. The maximum atomic E-state index is 12.2. The summed E-state index contributed by atoms with van der Waals surface area (Å²) in [7, 11) is 0. The lowest BCUT2D eigenvalue weighted by Crippen LogP contribution is -2.32. The molecule has 2 rings (SSSR count). The minimum Gasteiger partial charge on any atom is -0.356 e. The summed E-state index contributed by atoms with van der Waals surface area (Å²) in [5.74, 6) is 0.189. The van der Waals surface area contributed by atoms with E-state index in [0.717, 1.165) is 49.9 Å². The van der Waals surface area contributed by atoms with Gasteiger partial charge in [0, 0.05) is 39.0 Å². The molecule has 1 N–H and O–H groups in total. The van der Waals surface area contributed by atoms with Gasteiger partial charge >= 0.3 is 0 Å². The highest BCUT2D eigenvalue weighted by Gasteiger charge is 2.12. The molecule has 0 spiro atoms. The third kappa shape index (κ3) is 6.70. The van der Waals surface area contributed by atoms with Gasteiger partial charge in [0.05, 0.1) is 17.4 Å². The van der Waals surface area contributed by atoms with Gasteiger partial charge in [-0.2, -0.15) is 0 Å². The summed E-state index contributed by atoms with van der Waals surface area (Å²) in [6.07, 6.45) is 6.11. The Balaban J connectivity index is 1.61. The Kier molecular flexibility index (Phi) is 8.81. The zero-order valence-corrected chi connectivity index (χ0v) is 16.6. The average molecular weight is 373 g/mol. The number of aryl methyl sites for hydroxylation is 1. The van der Waals surface area contributed by atoms with Crippen LogP contribution in [0.2, 0.25) is 0 Å². The molecular weight excluding hydrogens is 340 g/mol. The highest BCUT2D eigenvalue weighted by Crippen LogP contribution is 2.11. The monoisotopic (exact) mass is 372 g/mol. The Bertz CT molecular complexity index is 720. The van der Waals surface area contributed by atoms with Gasteiger partial charge in [0.15, 0.2) is 0 Å². The van der Waals surface area contributed by atoms with Crippen LogP contribution >= 0.6 is 0 Å². The lowest BCUT2D eigenvalue weighted by atomic mass is 10.2. The molecule has 1 aromatic heterocycles. The van der Waals surface area contributed by atoms with Gasteiger partial charge in [0.1, 0.15) is 0 Å². The largest absolute Gasteiger partial charge is 0.356 e. The minimum atomic E-state index is 0.0239. The number of hydrogen-bond donors (Lipinski definition) is 1. The van der Waals surface area contributed by atoms with Crippen LogP contribution in [0.15, 0.2) is 30.6 Å². The van der Waals surface area contributed by atoms with Crippen LogP contribution in [-0.2, 0) is 16.1 Å². The maximum absolute atomic E-state index is 12.2. The Hall–Kier alpha value is -2.37. The number of hydrogen-bond acceptors (Lipinski definition) is 3. The van der Waals surface area contributed by atoms with Crippen molar-refractivity contribution < 1.29 is 9.59 Å². The second kappa shape index (κ2) is 11.4. The van der Waals surface area contributed by atoms with E-state index in [1.807, 2.05) is 29.4 Å². The summed E-state index contributed by atoms with van der Waals surface area (Å²) in [6.45, 7) is 7.23. The van der Waals surface area contributed by atoms with Crippen LogP contribution in [0.1, 0.15) is 52.4 Å².